The maximum Gasteiger partial charge on any atom is 0.0978 e. The SMILES string of the molecule is C1=COSPC1. The van der Waals surface area contributed by atoms with Crippen LogP contribution in [-0.4, -0.2) is 6.16 Å². The van der Waals surface area contributed by atoms with Gasteiger partial charge in [0.05, 0.1) is 17.9 Å². The fourth-order valence-electron chi connectivity index (χ4n) is 0.231. The van der Waals surface area contributed by atoms with E-state index in [0.717, 1.165) is 7.78 Å². The van der Waals surface area contributed by atoms with Gasteiger partial charge in [0.1, 0.15) is 0 Å². The van der Waals surface area contributed by atoms with Gasteiger partial charge in [-0.1, -0.05) is 0 Å². The molecule has 1 aliphatic heterocycles. The van der Waals surface area contributed by atoms with Crippen molar-refractivity contribution in [3.8, 4) is 0 Å². The zero-order chi connectivity index (χ0) is 4.24. The van der Waals surface area contributed by atoms with Crippen LogP contribution in [0.25, 0.3) is 0 Å². The van der Waals surface area contributed by atoms with Crippen LogP contribution in [0.15, 0.2) is 12.3 Å². The van der Waals surface area contributed by atoms with Crippen molar-refractivity contribution in [2.75, 3.05) is 6.16 Å². The first-order valence-corrected chi connectivity index (χ1v) is 4.38. The van der Waals surface area contributed by atoms with Crippen molar-refractivity contribution in [2.24, 2.45) is 0 Å². The quantitative estimate of drug-likeness (QED) is 0.356. The minimum Gasteiger partial charge on any atom is -0.430 e. The Labute approximate surface area is 42.9 Å². The third kappa shape index (κ3) is 1.19. The molecule has 0 saturated heterocycles. The van der Waals surface area contributed by atoms with Gasteiger partial charge in [-0.15, -0.1) is 0 Å². The van der Waals surface area contributed by atoms with E-state index in [0.29, 0.717) is 0 Å². The lowest BCUT2D eigenvalue weighted by Crippen LogP contribution is -1.70. The minimum absolute atomic E-state index is 0.909. The molecule has 1 atom stereocenters. The van der Waals surface area contributed by atoms with E-state index in [9.17, 15) is 0 Å². The van der Waals surface area contributed by atoms with Crippen LogP contribution < -0.4 is 0 Å². The van der Waals surface area contributed by atoms with E-state index in [4.69, 9.17) is 4.18 Å². The highest BCUT2D eigenvalue weighted by Crippen LogP contribution is 2.33. The molecule has 0 amide bonds. The second-order valence-corrected chi connectivity index (χ2v) is 3.32. The van der Waals surface area contributed by atoms with Crippen LogP contribution in [0.4, 0.5) is 0 Å². The molecular weight excluding hydrogens is 115 g/mol. The highest BCUT2D eigenvalue weighted by molar-refractivity contribution is 8.47. The third-order valence-electron chi connectivity index (χ3n) is 0.460. The fourth-order valence-corrected chi connectivity index (χ4v) is 1.56. The second kappa shape index (κ2) is 2.49. The summed E-state index contributed by atoms with van der Waals surface area (Å²) in [5.41, 5.74) is 0. The molecule has 0 saturated carbocycles. The largest absolute Gasteiger partial charge is 0.430 e. The Morgan fingerprint density at radius 3 is 3.00 bits per heavy atom. The van der Waals surface area contributed by atoms with Crippen molar-refractivity contribution >= 4 is 19.4 Å². The summed E-state index contributed by atoms with van der Waals surface area (Å²) >= 11 is 1.54. The average molecular weight is 120 g/mol. The summed E-state index contributed by atoms with van der Waals surface area (Å²) in [4.78, 5) is 0. The molecule has 34 valence electrons. The molecule has 0 aromatic carbocycles. The summed E-state index contributed by atoms with van der Waals surface area (Å²) in [6, 6.07) is 0. The molecule has 6 heavy (non-hydrogen) atoms. The minimum atomic E-state index is 0.909. The molecule has 1 heterocycles. The van der Waals surface area contributed by atoms with Crippen molar-refractivity contribution < 1.29 is 4.18 Å². The summed E-state index contributed by atoms with van der Waals surface area (Å²) in [7, 11) is 0.909. The second-order valence-electron chi connectivity index (χ2n) is 0.900. The first kappa shape index (κ1) is 4.48. The van der Waals surface area contributed by atoms with E-state index in [1.54, 1.807) is 6.26 Å². The van der Waals surface area contributed by atoms with Crippen LogP contribution in [0, 0.1) is 0 Å². The third-order valence-corrected chi connectivity index (χ3v) is 2.33. The van der Waals surface area contributed by atoms with Crippen LogP contribution >= 0.6 is 19.4 Å². The zero-order valence-electron chi connectivity index (χ0n) is 3.18. The Morgan fingerprint density at radius 1 is 1.83 bits per heavy atom. The molecule has 0 aromatic heterocycles. The average Bonchev–Trinajstić information content (AvgIpc) is 1.72. The molecule has 0 fully saturated rings. The van der Waals surface area contributed by atoms with Gasteiger partial charge in [-0.05, 0) is 20.0 Å². The molecule has 1 nitrogen and oxygen atoms in total. The molecule has 3 heteroatoms. The van der Waals surface area contributed by atoms with E-state index < -0.39 is 0 Å². The van der Waals surface area contributed by atoms with E-state index in [-0.39, 0.29) is 0 Å². The van der Waals surface area contributed by atoms with Gasteiger partial charge < -0.3 is 4.18 Å². The summed E-state index contributed by atoms with van der Waals surface area (Å²) in [6.45, 7) is 0. The van der Waals surface area contributed by atoms with Crippen molar-refractivity contribution in [1.82, 2.24) is 0 Å². The lowest BCUT2D eigenvalue weighted by Gasteiger charge is -1.99. The standard InChI is InChI=1S/C3H5OPS/c1-2-4-6-5-3-1/h1-2,5H,3H2. The Morgan fingerprint density at radius 2 is 2.83 bits per heavy atom. The van der Waals surface area contributed by atoms with E-state index in [1.165, 1.54) is 17.8 Å². The lowest BCUT2D eigenvalue weighted by atomic mass is 10.7. The zero-order valence-corrected chi connectivity index (χ0v) is 4.99. The molecule has 0 bridgehead atoms. The predicted octanol–water partition coefficient (Wildman–Crippen LogP) is 1.77. The number of hydrogen-bond donors (Lipinski definition) is 0. The first-order chi connectivity index (χ1) is 3.00. The predicted molar refractivity (Wildman–Crippen MR) is 31.0 cm³/mol. The summed E-state index contributed by atoms with van der Waals surface area (Å²) in [5.74, 6) is 0. The number of rotatable bonds is 0. The molecule has 1 aliphatic rings. The lowest BCUT2D eigenvalue weighted by molar-refractivity contribution is 0.571. The molecule has 0 spiro atoms. The smallest absolute Gasteiger partial charge is 0.0978 e. The molecule has 0 radical (unpaired) electrons. The van der Waals surface area contributed by atoms with E-state index in [2.05, 4.69) is 0 Å². The normalized spacial score (nSPS) is 24.0. The van der Waals surface area contributed by atoms with Crippen molar-refractivity contribution in [2.45, 2.75) is 0 Å². The van der Waals surface area contributed by atoms with E-state index >= 15 is 0 Å². The van der Waals surface area contributed by atoms with Gasteiger partial charge in [-0.3, -0.25) is 0 Å². The first-order valence-electron chi connectivity index (χ1n) is 1.70. The fraction of sp³-hybridized carbons (Fsp3) is 0.333. The Hall–Kier alpha value is 0.320. The molecule has 0 aromatic rings. The maximum absolute atomic E-state index is 4.82. The summed E-state index contributed by atoms with van der Waals surface area (Å²) in [6.07, 6.45) is 4.96. The number of hydrogen-bond acceptors (Lipinski definition) is 2. The molecular formula is C3H5OPS. The van der Waals surface area contributed by atoms with Gasteiger partial charge in [0.25, 0.3) is 0 Å². The molecule has 0 aliphatic carbocycles. The van der Waals surface area contributed by atoms with Gasteiger partial charge in [-0.2, -0.15) is 0 Å². The Kier molecular flexibility index (Phi) is 1.86. The van der Waals surface area contributed by atoms with Gasteiger partial charge in [-0.25, -0.2) is 0 Å². The van der Waals surface area contributed by atoms with Gasteiger partial charge in [0.2, 0.25) is 0 Å². The number of allylic oxidation sites excluding steroid dienone is 1. The van der Waals surface area contributed by atoms with E-state index in [1.807, 2.05) is 6.08 Å². The van der Waals surface area contributed by atoms with Gasteiger partial charge in [0.15, 0.2) is 0 Å². The van der Waals surface area contributed by atoms with Crippen LogP contribution in [0.2, 0.25) is 0 Å². The monoisotopic (exact) mass is 120 g/mol. The van der Waals surface area contributed by atoms with Gasteiger partial charge >= 0.3 is 0 Å². The highest BCUT2D eigenvalue weighted by atomic mass is 32.7. The van der Waals surface area contributed by atoms with Crippen molar-refractivity contribution in [1.29, 1.82) is 0 Å². The topological polar surface area (TPSA) is 9.23 Å². The van der Waals surface area contributed by atoms with Crippen LogP contribution in [0.5, 0.6) is 0 Å². The Balaban J connectivity index is 2.26. The highest BCUT2D eigenvalue weighted by Gasteiger charge is 1.88. The summed E-state index contributed by atoms with van der Waals surface area (Å²) < 4.78 is 4.82. The Bertz CT molecular complexity index is 55.8. The summed E-state index contributed by atoms with van der Waals surface area (Å²) in [5, 5.41) is 0. The maximum atomic E-state index is 4.82. The van der Waals surface area contributed by atoms with Crippen molar-refractivity contribution in [3.05, 3.63) is 12.3 Å². The molecule has 1 rings (SSSR count). The molecule has 0 N–H and O–H groups in total. The van der Waals surface area contributed by atoms with Crippen molar-refractivity contribution in [3.63, 3.8) is 0 Å². The van der Waals surface area contributed by atoms with Crippen LogP contribution in [-0.2, 0) is 4.18 Å². The van der Waals surface area contributed by atoms with Crippen LogP contribution in [0.1, 0.15) is 0 Å². The molecule has 1 unspecified atom stereocenters. The van der Waals surface area contributed by atoms with Crippen LogP contribution in [0.3, 0.4) is 0 Å². The van der Waals surface area contributed by atoms with Gasteiger partial charge in [0, 0.05) is 0 Å².